The summed E-state index contributed by atoms with van der Waals surface area (Å²) < 4.78 is 7.50. The van der Waals surface area contributed by atoms with E-state index in [1.54, 1.807) is 0 Å². The summed E-state index contributed by atoms with van der Waals surface area (Å²) in [5, 5.41) is 10.7. The Morgan fingerprint density at radius 2 is 1.73 bits per heavy atom. The molecule has 1 heterocycles. The second-order valence-electron chi connectivity index (χ2n) is 6.99. The fraction of sp³-hybridized carbons (Fsp3) is 0.278. The first-order valence-electron chi connectivity index (χ1n) is 7.51. The van der Waals surface area contributed by atoms with Crippen molar-refractivity contribution in [1.82, 2.24) is 4.90 Å². The molecule has 0 unspecified atom stereocenters. The van der Waals surface area contributed by atoms with Crippen LogP contribution in [0.4, 0.5) is 0 Å². The normalized spacial score (nSPS) is 12.0. The van der Waals surface area contributed by atoms with Gasteiger partial charge in [0.2, 0.25) is 0 Å². The molecule has 0 radical (unpaired) electrons. The molecule has 0 fully saturated rings. The number of furan rings is 1. The van der Waals surface area contributed by atoms with Crippen molar-refractivity contribution >= 4 is 49.7 Å². The van der Waals surface area contributed by atoms with Crippen LogP contribution in [0.3, 0.4) is 0 Å². The molecule has 0 saturated heterocycles. The van der Waals surface area contributed by atoms with Gasteiger partial charge in [0.25, 0.3) is 0 Å². The Labute approximate surface area is 135 Å². The summed E-state index contributed by atoms with van der Waals surface area (Å²) in [4.78, 5) is 9.05. The van der Waals surface area contributed by atoms with Crippen molar-refractivity contribution < 1.29 is 4.42 Å². The van der Waals surface area contributed by atoms with E-state index >= 15 is 0 Å². The quantitative estimate of drug-likeness (QED) is 0.401. The molecule has 0 spiro atoms. The van der Waals surface area contributed by atoms with Gasteiger partial charge in [-0.3, -0.25) is 0 Å². The SMILES string of the molecule is CN(C)C(=N)c1c[c]([Sn]([CH3])([CH3])[CH3])cc2c1oc1ccccc12. The summed E-state index contributed by atoms with van der Waals surface area (Å²) >= 11 is -2.25. The summed E-state index contributed by atoms with van der Waals surface area (Å²) in [6, 6.07) is 12.6. The van der Waals surface area contributed by atoms with E-state index < -0.39 is 18.4 Å². The van der Waals surface area contributed by atoms with Crippen molar-refractivity contribution in [3.05, 3.63) is 42.0 Å². The Morgan fingerprint density at radius 3 is 2.36 bits per heavy atom. The van der Waals surface area contributed by atoms with Crippen LogP contribution in [0, 0.1) is 5.41 Å². The van der Waals surface area contributed by atoms with Gasteiger partial charge in [-0.25, -0.2) is 0 Å². The van der Waals surface area contributed by atoms with Crippen molar-refractivity contribution in [3.63, 3.8) is 0 Å². The molecule has 0 aliphatic rings. The van der Waals surface area contributed by atoms with Gasteiger partial charge in [-0.1, -0.05) is 0 Å². The molecule has 3 aromatic rings. The van der Waals surface area contributed by atoms with Crippen molar-refractivity contribution in [2.24, 2.45) is 0 Å². The summed E-state index contributed by atoms with van der Waals surface area (Å²) in [6.07, 6.45) is 0. The average Bonchev–Trinajstić information content (AvgIpc) is 2.83. The van der Waals surface area contributed by atoms with E-state index in [1.165, 1.54) is 3.58 Å². The van der Waals surface area contributed by atoms with Gasteiger partial charge in [0, 0.05) is 0 Å². The van der Waals surface area contributed by atoms with Gasteiger partial charge < -0.3 is 0 Å². The second kappa shape index (κ2) is 5.30. The van der Waals surface area contributed by atoms with Crippen LogP contribution in [-0.4, -0.2) is 43.2 Å². The molecule has 3 rings (SSSR count). The van der Waals surface area contributed by atoms with E-state index in [4.69, 9.17) is 9.83 Å². The van der Waals surface area contributed by atoms with Crippen LogP contribution in [0.15, 0.2) is 40.8 Å². The van der Waals surface area contributed by atoms with Crippen molar-refractivity contribution in [2.45, 2.75) is 14.8 Å². The van der Waals surface area contributed by atoms with Gasteiger partial charge in [0.05, 0.1) is 0 Å². The van der Waals surface area contributed by atoms with Crippen molar-refractivity contribution in [3.8, 4) is 0 Å². The molecule has 4 heteroatoms. The van der Waals surface area contributed by atoms with Crippen molar-refractivity contribution in [2.75, 3.05) is 14.1 Å². The van der Waals surface area contributed by atoms with E-state index in [2.05, 4.69) is 33.0 Å². The first kappa shape index (κ1) is 15.4. The zero-order valence-corrected chi connectivity index (χ0v) is 16.7. The predicted octanol–water partition coefficient (Wildman–Crippen LogP) is 4.02. The number of nitrogens with zero attached hydrogens (tertiary/aromatic N) is 1. The van der Waals surface area contributed by atoms with E-state index in [-0.39, 0.29) is 0 Å². The monoisotopic (exact) mass is 402 g/mol. The Kier molecular flexibility index (Phi) is 3.71. The van der Waals surface area contributed by atoms with Crippen LogP contribution in [0.1, 0.15) is 5.56 Å². The van der Waals surface area contributed by atoms with E-state index in [1.807, 2.05) is 37.2 Å². The molecular weight excluding hydrogens is 379 g/mol. The van der Waals surface area contributed by atoms with E-state index in [0.717, 1.165) is 27.5 Å². The third-order valence-corrected chi connectivity index (χ3v) is 9.81. The molecule has 0 aliphatic heterocycles. The first-order chi connectivity index (χ1) is 10.3. The van der Waals surface area contributed by atoms with Gasteiger partial charge in [-0.15, -0.1) is 0 Å². The number of benzene rings is 2. The maximum absolute atomic E-state index is 8.43. The average molecular weight is 401 g/mol. The standard InChI is InChI=1S/C15H13N2O.3CH3.Sn/c1-17(2)15(16)12-8-5-7-11-10-6-3-4-9-13(10)18-14(11)12;;;;/h3-4,6-9,16H,1-2H3;3*1H3;. The van der Waals surface area contributed by atoms with Gasteiger partial charge in [0.15, 0.2) is 0 Å². The van der Waals surface area contributed by atoms with Gasteiger partial charge in [0.1, 0.15) is 0 Å². The number of rotatable bonds is 2. The Balaban J connectivity index is 2.43. The Bertz CT molecular complexity index is 872. The molecule has 0 atom stereocenters. The zero-order chi connectivity index (χ0) is 16.1. The van der Waals surface area contributed by atoms with Crippen LogP contribution in [0.5, 0.6) is 0 Å². The second-order valence-corrected chi connectivity index (χ2v) is 21.5. The number of para-hydroxylation sites is 1. The maximum atomic E-state index is 8.43. The summed E-state index contributed by atoms with van der Waals surface area (Å²) in [5.74, 6) is 0.501. The van der Waals surface area contributed by atoms with Crippen LogP contribution in [0.25, 0.3) is 21.9 Å². The van der Waals surface area contributed by atoms with E-state index in [9.17, 15) is 0 Å². The molecule has 0 aliphatic carbocycles. The van der Waals surface area contributed by atoms with Crippen molar-refractivity contribution in [1.29, 1.82) is 5.41 Å². The molecule has 3 nitrogen and oxygen atoms in total. The minimum atomic E-state index is -2.25. The number of nitrogens with one attached hydrogen (secondary N) is 1. The molecule has 0 amide bonds. The third kappa shape index (κ3) is 2.51. The van der Waals surface area contributed by atoms with Gasteiger partial charge in [-0.05, 0) is 0 Å². The topological polar surface area (TPSA) is 40.2 Å². The summed E-state index contributed by atoms with van der Waals surface area (Å²) in [5.41, 5.74) is 2.63. The molecule has 2 aromatic carbocycles. The summed E-state index contributed by atoms with van der Waals surface area (Å²) in [7, 11) is 3.81. The fourth-order valence-corrected chi connectivity index (χ4v) is 5.97. The Morgan fingerprint density at radius 1 is 1.05 bits per heavy atom. The molecular formula is C18H22N2OSn. The number of fused-ring (bicyclic) bond motifs is 3. The van der Waals surface area contributed by atoms with Crippen LogP contribution < -0.4 is 3.58 Å². The Hall–Kier alpha value is -1.49. The van der Waals surface area contributed by atoms with Gasteiger partial charge in [-0.2, -0.15) is 0 Å². The molecule has 1 aromatic heterocycles. The van der Waals surface area contributed by atoms with Gasteiger partial charge >= 0.3 is 135 Å². The first-order valence-corrected chi connectivity index (χ1v) is 17.5. The third-order valence-electron chi connectivity index (χ3n) is 4.05. The molecule has 0 saturated carbocycles. The minimum absolute atomic E-state index is 0.501. The molecule has 0 bridgehead atoms. The molecule has 114 valence electrons. The van der Waals surface area contributed by atoms with Crippen LogP contribution >= 0.6 is 0 Å². The fourth-order valence-electron chi connectivity index (χ4n) is 2.68. The number of hydrogen-bond acceptors (Lipinski definition) is 2. The summed E-state index contributed by atoms with van der Waals surface area (Å²) in [6.45, 7) is 0. The van der Waals surface area contributed by atoms with Crippen LogP contribution in [0.2, 0.25) is 14.8 Å². The zero-order valence-electron chi connectivity index (χ0n) is 13.8. The predicted molar refractivity (Wildman–Crippen MR) is 97.2 cm³/mol. The van der Waals surface area contributed by atoms with Crippen LogP contribution in [-0.2, 0) is 0 Å². The number of hydrogen-bond donors (Lipinski definition) is 1. The molecule has 22 heavy (non-hydrogen) atoms. The van der Waals surface area contributed by atoms with E-state index in [0.29, 0.717) is 5.84 Å². The molecule has 1 N–H and O–H groups in total. The number of amidine groups is 1.